The minimum Gasteiger partial charge on any atom is -0.384 e. The van der Waals surface area contributed by atoms with Crippen LogP contribution in [0.5, 0.6) is 0 Å². The van der Waals surface area contributed by atoms with Gasteiger partial charge in [-0.1, -0.05) is 24.3 Å². The maximum Gasteiger partial charge on any atom is 0.0559 e. The van der Waals surface area contributed by atoms with E-state index >= 15 is 0 Å². The number of rotatable bonds is 4. The van der Waals surface area contributed by atoms with Crippen molar-refractivity contribution in [2.75, 3.05) is 26.8 Å². The Kier molecular flexibility index (Phi) is 3.40. The number of benzene rings is 1. The third-order valence-corrected chi connectivity index (χ3v) is 4.54. The van der Waals surface area contributed by atoms with Crippen molar-refractivity contribution in [1.29, 1.82) is 0 Å². The van der Waals surface area contributed by atoms with Crippen LogP contribution in [0.25, 0.3) is 0 Å². The Labute approximate surface area is 110 Å². The van der Waals surface area contributed by atoms with Gasteiger partial charge in [-0.05, 0) is 49.3 Å². The Morgan fingerprint density at radius 2 is 2.17 bits per heavy atom. The molecule has 0 spiro atoms. The minimum atomic E-state index is 0.336. The average molecular weight is 245 g/mol. The first kappa shape index (κ1) is 12.2. The molecule has 0 aromatic heterocycles. The number of ether oxygens (including phenoxy) is 1. The zero-order valence-electron chi connectivity index (χ0n) is 11.2. The number of piperidine rings is 1. The molecule has 0 radical (unpaired) electrons. The summed E-state index contributed by atoms with van der Waals surface area (Å²) in [5.41, 5.74) is 3.46. The fourth-order valence-electron chi connectivity index (χ4n) is 3.37. The van der Waals surface area contributed by atoms with Gasteiger partial charge in [-0.25, -0.2) is 0 Å². The van der Waals surface area contributed by atoms with Gasteiger partial charge in [0.05, 0.1) is 6.61 Å². The van der Waals surface area contributed by atoms with Crippen LogP contribution in [0.15, 0.2) is 24.3 Å². The summed E-state index contributed by atoms with van der Waals surface area (Å²) in [6, 6.07) is 9.04. The molecule has 98 valence electrons. The second kappa shape index (κ2) is 5.02. The predicted octanol–water partition coefficient (Wildman–Crippen LogP) is 2.83. The highest BCUT2D eigenvalue weighted by Gasteiger charge is 2.46. The SMILES string of the molecule is COCC1(c2ccccc2C2CCCNC2)CC1. The van der Waals surface area contributed by atoms with Gasteiger partial charge in [0.15, 0.2) is 0 Å². The molecule has 1 atom stereocenters. The lowest BCUT2D eigenvalue weighted by molar-refractivity contribution is 0.170. The molecule has 2 fully saturated rings. The monoisotopic (exact) mass is 245 g/mol. The highest BCUT2D eigenvalue weighted by Crippen LogP contribution is 2.50. The van der Waals surface area contributed by atoms with Crippen LogP contribution < -0.4 is 5.32 Å². The largest absolute Gasteiger partial charge is 0.384 e. The lowest BCUT2D eigenvalue weighted by Gasteiger charge is -2.28. The summed E-state index contributed by atoms with van der Waals surface area (Å²) in [7, 11) is 1.82. The zero-order chi connectivity index (χ0) is 12.4. The van der Waals surface area contributed by atoms with Gasteiger partial charge in [0.2, 0.25) is 0 Å². The highest BCUT2D eigenvalue weighted by molar-refractivity contribution is 5.41. The van der Waals surface area contributed by atoms with Gasteiger partial charge in [-0.2, -0.15) is 0 Å². The molecule has 1 unspecified atom stereocenters. The van der Waals surface area contributed by atoms with Crippen LogP contribution in [-0.2, 0) is 10.2 Å². The summed E-state index contributed by atoms with van der Waals surface area (Å²) in [6.07, 6.45) is 5.21. The molecule has 1 aliphatic carbocycles. The number of hydrogen-bond donors (Lipinski definition) is 1. The van der Waals surface area contributed by atoms with Gasteiger partial charge >= 0.3 is 0 Å². The van der Waals surface area contributed by atoms with Crippen LogP contribution in [0.1, 0.15) is 42.7 Å². The van der Waals surface area contributed by atoms with E-state index in [1.165, 1.54) is 32.2 Å². The first-order valence-corrected chi connectivity index (χ1v) is 7.15. The van der Waals surface area contributed by atoms with Crippen molar-refractivity contribution in [1.82, 2.24) is 5.32 Å². The maximum absolute atomic E-state index is 5.45. The third-order valence-electron chi connectivity index (χ3n) is 4.54. The average Bonchev–Trinajstić information content (AvgIpc) is 3.21. The highest BCUT2D eigenvalue weighted by atomic mass is 16.5. The van der Waals surface area contributed by atoms with Crippen molar-refractivity contribution < 1.29 is 4.74 Å². The van der Waals surface area contributed by atoms with Crippen LogP contribution in [-0.4, -0.2) is 26.8 Å². The van der Waals surface area contributed by atoms with Crippen molar-refractivity contribution in [3.05, 3.63) is 35.4 Å². The molecule has 1 N–H and O–H groups in total. The Hall–Kier alpha value is -0.860. The lowest BCUT2D eigenvalue weighted by atomic mass is 9.82. The molecular weight excluding hydrogens is 222 g/mol. The molecule has 2 nitrogen and oxygen atoms in total. The lowest BCUT2D eigenvalue weighted by Crippen LogP contribution is -2.30. The van der Waals surface area contributed by atoms with E-state index in [0.717, 1.165) is 13.2 Å². The van der Waals surface area contributed by atoms with E-state index < -0.39 is 0 Å². The van der Waals surface area contributed by atoms with E-state index in [9.17, 15) is 0 Å². The van der Waals surface area contributed by atoms with Gasteiger partial charge in [0, 0.05) is 19.1 Å². The van der Waals surface area contributed by atoms with E-state index in [1.807, 2.05) is 7.11 Å². The molecule has 0 amide bonds. The van der Waals surface area contributed by atoms with E-state index in [1.54, 1.807) is 11.1 Å². The standard InChI is InChI=1S/C16H23NO/c1-18-12-16(8-9-16)15-7-3-2-6-14(15)13-5-4-10-17-11-13/h2-3,6-7,13,17H,4-5,8-12H2,1H3. The third kappa shape index (κ3) is 2.19. The van der Waals surface area contributed by atoms with Crippen LogP contribution in [0.2, 0.25) is 0 Å². The molecular formula is C16H23NO. The Morgan fingerprint density at radius 1 is 1.33 bits per heavy atom. The van der Waals surface area contributed by atoms with Gasteiger partial charge < -0.3 is 10.1 Å². The van der Waals surface area contributed by atoms with Gasteiger partial charge in [-0.15, -0.1) is 0 Å². The Bertz CT molecular complexity index is 405. The van der Waals surface area contributed by atoms with Gasteiger partial charge in [0.1, 0.15) is 0 Å². The summed E-state index contributed by atoms with van der Waals surface area (Å²) >= 11 is 0. The topological polar surface area (TPSA) is 21.3 Å². The van der Waals surface area contributed by atoms with Crippen LogP contribution >= 0.6 is 0 Å². The second-order valence-electron chi connectivity index (χ2n) is 5.84. The van der Waals surface area contributed by atoms with Gasteiger partial charge in [-0.3, -0.25) is 0 Å². The van der Waals surface area contributed by atoms with Crippen molar-refractivity contribution in [2.24, 2.45) is 0 Å². The zero-order valence-corrected chi connectivity index (χ0v) is 11.2. The summed E-state index contributed by atoms with van der Waals surface area (Å²) in [4.78, 5) is 0. The van der Waals surface area contributed by atoms with E-state index in [4.69, 9.17) is 4.74 Å². The molecule has 1 aliphatic heterocycles. The summed E-state index contributed by atoms with van der Waals surface area (Å²) < 4.78 is 5.45. The number of hydrogen-bond acceptors (Lipinski definition) is 2. The Balaban J connectivity index is 1.90. The quantitative estimate of drug-likeness (QED) is 0.880. The Morgan fingerprint density at radius 3 is 2.83 bits per heavy atom. The van der Waals surface area contributed by atoms with Crippen LogP contribution in [0, 0.1) is 0 Å². The molecule has 1 saturated carbocycles. The molecule has 18 heavy (non-hydrogen) atoms. The first-order chi connectivity index (χ1) is 8.86. The first-order valence-electron chi connectivity index (χ1n) is 7.15. The summed E-state index contributed by atoms with van der Waals surface area (Å²) in [5, 5.41) is 3.53. The fraction of sp³-hybridized carbons (Fsp3) is 0.625. The molecule has 0 bridgehead atoms. The molecule has 1 aromatic rings. The minimum absolute atomic E-state index is 0.336. The molecule has 2 heteroatoms. The van der Waals surface area contributed by atoms with E-state index in [2.05, 4.69) is 29.6 Å². The molecule has 1 saturated heterocycles. The van der Waals surface area contributed by atoms with Gasteiger partial charge in [0.25, 0.3) is 0 Å². The number of methoxy groups -OCH3 is 1. The van der Waals surface area contributed by atoms with E-state index in [-0.39, 0.29) is 0 Å². The van der Waals surface area contributed by atoms with Crippen LogP contribution in [0.3, 0.4) is 0 Å². The summed E-state index contributed by atoms with van der Waals surface area (Å²) in [5.74, 6) is 0.698. The van der Waals surface area contributed by atoms with Crippen LogP contribution in [0.4, 0.5) is 0 Å². The molecule has 3 rings (SSSR count). The van der Waals surface area contributed by atoms with Crippen molar-refractivity contribution >= 4 is 0 Å². The smallest absolute Gasteiger partial charge is 0.0559 e. The van der Waals surface area contributed by atoms with E-state index in [0.29, 0.717) is 11.3 Å². The van der Waals surface area contributed by atoms with Crippen molar-refractivity contribution in [3.63, 3.8) is 0 Å². The maximum atomic E-state index is 5.45. The predicted molar refractivity (Wildman–Crippen MR) is 74.1 cm³/mol. The molecule has 1 aromatic carbocycles. The van der Waals surface area contributed by atoms with Crippen molar-refractivity contribution in [3.8, 4) is 0 Å². The fourth-order valence-corrected chi connectivity index (χ4v) is 3.37. The van der Waals surface area contributed by atoms with Crippen molar-refractivity contribution in [2.45, 2.75) is 37.0 Å². The molecule has 2 aliphatic rings. The second-order valence-corrected chi connectivity index (χ2v) is 5.84. The molecule has 1 heterocycles. The summed E-state index contributed by atoms with van der Waals surface area (Å²) in [6.45, 7) is 3.20. The normalized spacial score (nSPS) is 25.9. The number of nitrogens with one attached hydrogen (secondary N) is 1.